The predicted octanol–water partition coefficient (Wildman–Crippen LogP) is 4.65. The number of aromatic nitrogens is 5. The Bertz CT molecular complexity index is 1500. The Morgan fingerprint density at radius 3 is 2.53 bits per heavy atom. The minimum atomic E-state index is -1.60. The molecule has 4 aromatic rings. The number of hydrogen-bond donors (Lipinski definition) is 1. The lowest BCUT2D eigenvalue weighted by Crippen LogP contribution is -2.39. The summed E-state index contributed by atoms with van der Waals surface area (Å²) < 4.78 is 21.5. The number of halogens is 2. The highest BCUT2D eigenvalue weighted by atomic mass is 35.5. The fourth-order valence-corrected chi connectivity index (χ4v) is 5.59. The van der Waals surface area contributed by atoms with E-state index in [-0.39, 0.29) is 0 Å². The Morgan fingerprint density at radius 1 is 1.16 bits per heavy atom. The van der Waals surface area contributed by atoms with Gasteiger partial charge in [0.1, 0.15) is 5.67 Å². The van der Waals surface area contributed by atoms with Crippen LogP contribution in [0.5, 0.6) is 5.88 Å². The first-order valence-electron chi connectivity index (χ1n) is 12.6. The molecular formula is C28H32ClFN6O2. The van der Waals surface area contributed by atoms with Gasteiger partial charge >= 0.3 is 0 Å². The summed E-state index contributed by atoms with van der Waals surface area (Å²) in [6.07, 6.45) is 2.49. The van der Waals surface area contributed by atoms with Crippen LogP contribution in [0.4, 0.5) is 4.39 Å². The van der Waals surface area contributed by atoms with Crippen LogP contribution >= 0.6 is 11.6 Å². The molecule has 4 heterocycles. The predicted molar refractivity (Wildman–Crippen MR) is 144 cm³/mol. The number of fused-ring (bicyclic) bond motifs is 1. The largest absolute Gasteiger partial charge is 0.481 e. The highest BCUT2D eigenvalue weighted by Gasteiger charge is 2.39. The van der Waals surface area contributed by atoms with E-state index < -0.39 is 11.3 Å². The monoisotopic (exact) mass is 538 g/mol. The average molecular weight is 539 g/mol. The topological polar surface area (TPSA) is 89.2 Å². The molecule has 1 atom stereocenters. The number of ether oxygens (including phenoxy) is 1. The van der Waals surface area contributed by atoms with Crippen molar-refractivity contribution in [2.75, 3.05) is 20.2 Å². The summed E-state index contributed by atoms with van der Waals surface area (Å²) in [5, 5.41) is 21.7. The molecule has 0 radical (unpaired) electrons. The van der Waals surface area contributed by atoms with Crippen LogP contribution in [0.15, 0.2) is 36.5 Å². The quantitative estimate of drug-likeness (QED) is 0.382. The molecule has 38 heavy (non-hydrogen) atoms. The van der Waals surface area contributed by atoms with Gasteiger partial charge in [0.15, 0.2) is 5.60 Å². The number of hydrogen-bond acceptors (Lipinski definition) is 7. The van der Waals surface area contributed by atoms with Gasteiger partial charge in [0.05, 0.1) is 29.5 Å². The SMILES string of the molecule is COc1nc2ccc(C(O)(c3ccc(C)nc3C)c3cnnn3C)cc2c(Cl)c1CN1CCC(C)(F)CC1. The second kappa shape index (κ2) is 9.87. The zero-order chi connectivity index (χ0) is 27.2. The van der Waals surface area contributed by atoms with Crippen LogP contribution in [-0.4, -0.2) is 60.8 Å². The molecule has 200 valence electrons. The van der Waals surface area contributed by atoms with E-state index in [2.05, 4.69) is 20.2 Å². The third-order valence-corrected chi connectivity index (χ3v) is 8.00. The Morgan fingerprint density at radius 2 is 1.89 bits per heavy atom. The lowest BCUT2D eigenvalue weighted by atomic mass is 9.82. The molecule has 0 amide bonds. The highest BCUT2D eigenvalue weighted by molar-refractivity contribution is 6.36. The molecule has 5 rings (SSSR count). The molecule has 1 unspecified atom stereocenters. The molecule has 0 spiro atoms. The van der Waals surface area contributed by atoms with Crippen LogP contribution in [0.25, 0.3) is 10.9 Å². The Hall–Kier alpha value is -3.14. The first-order valence-corrected chi connectivity index (χ1v) is 13.0. The van der Waals surface area contributed by atoms with Gasteiger partial charge < -0.3 is 9.84 Å². The van der Waals surface area contributed by atoms with Crippen LogP contribution in [0.2, 0.25) is 5.02 Å². The standard InChI is InChI=1S/C28H32ClFN6O2/c1-17-6-8-22(18(2)32-17)28(37,24-15-31-34-35(24)4)19-7-9-23-20(14-19)25(29)21(26(33-23)38-5)16-36-12-10-27(3,30)11-13-36/h6-9,14-15,37H,10-13,16H2,1-5H3. The van der Waals surface area contributed by atoms with E-state index in [0.29, 0.717) is 76.8 Å². The first kappa shape index (κ1) is 26.5. The van der Waals surface area contributed by atoms with E-state index in [9.17, 15) is 9.50 Å². The molecule has 10 heteroatoms. The molecule has 1 aliphatic heterocycles. The summed E-state index contributed by atoms with van der Waals surface area (Å²) in [6, 6.07) is 9.25. The second-order valence-electron chi connectivity index (χ2n) is 10.4. The Balaban J connectivity index is 1.65. The zero-order valence-corrected chi connectivity index (χ0v) is 23.1. The first-order chi connectivity index (χ1) is 18.0. The number of pyridine rings is 2. The van der Waals surface area contributed by atoms with Crippen LogP contribution in [0.1, 0.15) is 53.5 Å². The number of aliphatic hydroxyl groups is 1. The van der Waals surface area contributed by atoms with Crippen molar-refractivity contribution in [2.24, 2.45) is 7.05 Å². The summed E-state index contributed by atoms with van der Waals surface area (Å²) in [5.41, 5.74) is 1.87. The van der Waals surface area contributed by atoms with Gasteiger partial charge in [0.25, 0.3) is 0 Å². The number of nitrogens with zero attached hydrogens (tertiary/aromatic N) is 6. The number of aryl methyl sites for hydroxylation is 3. The molecule has 0 bridgehead atoms. The van der Waals surface area contributed by atoms with E-state index in [1.165, 1.54) is 0 Å². The molecule has 3 aromatic heterocycles. The number of piperidine rings is 1. The van der Waals surface area contributed by atoms with Gasteiger partial charge in [-0.15, -0.1) is 5.10 Å². The fraction of sp³-hybridized carbons (Fsp3) is 0.429. The van der Waals surface area contributed by atoms with Gasteiger partial charge in [-0.05, 0) is 57.4 Å². The highest BCUT2D eigenvalue weighted by Crippen LogP contribution is 2.41. The van der Waals surface area contributed by atoms with Crippen molar-refractivity contribution in [3.05, 3.63) is 75.3 Å². The molecule has 8 nitrogen and oxygen atoms in total. The zero-order valence-electron chi connectivity index (χ0n) is 22.3. The van der Waals surface area contributed by atoms with Crippen molar-refractivity contribution >= 4 is 22.5 Å². The van der Waals surface area contributed by atoms with Crippen LogP contribution in [0.3, 0.4) is 0 Å². The van der Waals surface area contributed by atoms with E-state index in [0.717, 1.165) is 11.3 Å². The summed E-state index contributed by atoms with van der Waals surface area (Å²) >= 11 is 7.03. The number of likely N-dealkylation sites (tertiary alicyclic amines) is 1. The van der Waals surface area contributed by atoms with Gasteiger partial charge in [-0.2, -0.15) is 0 Å². The summed E-state index contributed by atoms with van der Waals surface area (Å²) in [6.45, 7) is 7.17. The summed E-state index contributed by atoms with van der Waals surface area (Å²) in [4.78, 5) is 11.5. The number of methoxy groups -OCH3 is 1. The number of alkyl halides is 1. The molecular weight excluding hydrogens is 507 g/mol. The molecule has 1 N–H and O–H groups in total. The van der Waals surface area contributed by atoms with Crippen LogP contribution < -0.4 is 4.74 Å². The molecule has 1 aliphatic rings. The summed E-state index contributed by atoms with van der Waals surface area (Å²) in [7, 11) is 3.31. The lowest BCUT2D eigenvalue weighted by Gasteiger charge is -2.34. The summed E-state index contributed by atoms with van der Waals surface area (Å²) in [5.74, 6) is 0.438. The average Bonchev–Trinajstić information content (AvgIpc) is 3.32. The Kier molecular flexibility index (Phi) is 6.87. The van der Waals surface area contributed by atoms with E-state index in [1.807, 2.05) is 44.2 Å². The van der Waals surface area contributed by atoms with Crippen molar-refractivity contribution in [1.82, 2.24) is 29.9 Å². The maximum absolute atomic E-state index is 14.4. The van der Waals surface area contributed by atoms with Gasteiger partial charge in [0.2, 0.25) is 5.88 Å². The van der Waals surface area contributed by atoms with Crippen LogP contribution in [0, 0.1) is 13.8 Å². The van der Waals surface area contributed by atoms with E-state index in [4.69, 9.17) is 21.3 Å². The van der Waals surface area contributed by atoms with Gasteiger partial charge in [-0.25, -0.2) is 14.1 Å². The van der Waals surface area contributed by atoms with Gasteiger partial charge in [-0.1, -0.05) is 28.9 Å². The van der Waals surface area contributed by atoms with Gasteiger partial charge in [-0.3, -0.25) is 9.88 Å². The fourth-order valence-electron chi connectivity index (χ4n) is 5.30. The smallest absolute Gasteiger partial charge is 0.219 e. The van der Waals surface area contributed by atoms with Crippen molar-refractivity contribution in [1.29, 1.82) is 0 Å². The molecule has 0 saturated carbocycles. The van der Waals surface area contributed by atoms with Gasteiger partial charge in [0, 0.05) is 54.6 Å². The Labute approximate surface area is 226 Å². The normalized spacial score (nSPS) is 17.5. The van der Waals surface area contributed by atoms with Crippen molar-refractivity contribution in [3.63, 3.8) is 0 Å². The van der Waals surface area contributed by atoms with Crippen LogP contribution in [-0.2, 0) is 19.2 Å². The lowest BCUT2D eigenvalue weighted by molar-refractivity contribution is 0.0701. The molecule has 1 aromatic carbocycles. The maximum atomic E-state index is 14.4. The number of rotatable bonds is 6. The van der Waals surface area contributed by atoms with Crippen molar-refractivity contribution in [2.45, 2.75) is 51.4 Å². The molecule has 0 aliphatic carbocycles. The second-order valence-corrected chi connectivity index (χ2v) is 10.8. The maximum Gasteiger partial charge on any atom is 0.219 e. The molecule has 1 saturated heterocycles. The minimum Gasteiger partial charge on any atom is -0.481 e. The molecule has 1 fully saturated rings. The van der Waals surface area contributed by atoms with Crippen molar-refractivity contribution in [3.8, 4) is 5.88 Å². The number of benzene rings is 1. The minimum absolute atomic E-state index is 0.438. The third kappa shape index (κ3) is 4.63. The third-order valence-electron chi connectivity index (χ3n) is 7.57. The van der Waals surface area contributed by atoms with Crippen molar-refractivity contribution < 1.29 is 14.2 Å². The van der Waals surface area contributed by atoms with E-state index in [1.54, 1.807) is 32.0 Å². The van der Waals surface area contributed by atoms with E-state index >= 15 is 0 Å².